The number of ketones is 1. The molecule has 9 heteroatoms. The lowest BCUT2D eigenvalue weighted by atomic mass is 9.96. The highest BCUT2D eigenvalue weighted by atomic mass is 16.2. The van der Waals surface area contributed by atoms with Gasteiger partial charge in [-0.2, -0.15) is 0 Å². The largest absolute Gasteiger partial charge is 0.348 e. The Morgan fingerprint density at radius 1 is 0.972 bits per heavy atom. The standard InChI is InChI=1S/C27H23N5O4/c1-32-20-13-6-5-12-19(20)23(16-8-3-2-4-9-16)30-24(26(32)35)31-27(36)29-18-11-7-10-17(14-18)22-21(33)15-28-25(22)34/h2-14,22,24H,15H2,1H3,(H,28,34)(H2,29,31,36)/t22?,24-/m0/s1. The van der Waals surface area contributed by atoms with Gasteiger partial charge < -0.3 is 20.9 Å². The van der Waals surface area contributed by atoms with Crippen LogP contribution >= 0.6 is 0 Å². The van der Waals surface area contributed by atoms with Crippen molar-refractivity contribution in [2.75, 3.05) is 23.8 Å². The number of nitrogens with zero attached hydrogens (tertiary/aromatic N) is 2. The Balaban J connectivity index is 1.41. The molecule has 2 aliphatic heterocycles. The fraction of sp³-hybridized carbons (Fsp3) is 0.148. The molecule has 36 heavy (non-hydrogen) atoms. The fourth-order valence-electron chi connectivity index (χ4n) is 4.39. The number of anilines is 2. The average molecular weight is 482 g/mol. The number of nitrogens with one attached hydrogen (secondary N) is 3. The van der Waals surface area contributed by atoms with Crippen molar-refractivity contribution in [1.29, 1.82) is 0 Å². The first-order valence-corrected chi connectivity index (χ1v) is 11.4. The molecule has 3 N–H and O–H groups in total. The van der Waals surface area contributed by atoms with Gasteiger partial charge in [0, 0.05) is 23.9 Å². The summed E-state index contributed by atoms with van der Waals surface area (Å²) < 4.78 is 0. The smallest absolute Gasteiger partial charge is 0.321 e. The van der Waals surface area contributed by atoms with Gasteiger partial charge in [0.2, 0.25) is 12.1 Å². The number of aliphatic imine (C=N–C) groups is 1. The highest BCUT2D eigenvalue weighted by Crippen LogP contribution is 2.27. The van der Waals surface area contributed by atoms with Gasteiger partial charge in [-0.05, 0) is 23.8 Å². The van der Waals surface area contributed by atoms with Gasteiger partial charge in [0.15, 0.2) is 5.78 Å². The number of fused-ring (bicyclic) bond motifs is 1. The van der Waals surface area contributed by atoms with Crippen LogP contribution in [0.5, 0.6) is 0 Å². The fourth-order valence-corrected chi connectivity index (χ4v) is 4.39. The van der Waals surface area contributed by atoms with E-state index in [1.165, 1.54) is 4.90 Å². The van der Waals surface area contributed by atoms with E-state index in [-0.39, 0.29) is 18.2 Å². The van der Waals surface area contributed by atoms with E-state index in [9.17, 15) is 19.2 Å². The molecule has 0 radical (unpaired) electrons. The summed E-state index contributed by atoms with van der Waals surface area (Å²) in [5, 5.41) is 7.86. The molecular weight excluding hydrogens is 458 g/mol. The average Bonchev–Trinajstić information content (AvgIpc) is 3.19. The van der Waals surface area contributed by atoms with Crippen molar-refractivity contribution in [3.8, 4) is 0 Å². The number of benzene rings is 3. The van der Waals surface area contributed by atoms with Crippen LogP contribution in [0.2, 0.25) is 0 Å². The number of amides is 4. The van der Waals surface area contributed by atoms with E-state index in [1.54, 1.807) is 31.3 Å². The van der Waals surface area contributed by atoms with Crippen LogP contribution in [-0.4, -0.2) is 49.1 Å². The van der Waals surface area contributed by atoms with Crippen molar-refractivity contribution >= 4 is 40.7 Å². The summed E-state index contributed by atoms with van der Waals surface area (Å²) in [6.45, 7) is -0.0108. The second-order valence-corrected chi connectivity index (χ2v) is 8.50. The van der Waals surface area contributed by atoms with Crippen LogP contribution in [-0.2, 0) is 14.4 Å². The molecule has 5 rings (SSSR count). The van der Waals surface area contributed by atoms with Gasteiger partial charge in [0.1, 0.15) is 5.92 Å². The monoisotopic (exact) mass is 481 g/mol. The second-order valence-electron chi connectivity index (χ2n) is 8.50. The van der Waals surface area contributed by atoms with E-state index in [0.29, 0.717) is 22.6 Å². The van der Waals surface area contributed by atoms with Crippen LogP contribution in [0.4, 0.5) is 16.2 Å². The van der Waals surface area contributed by atoms with Gasteiger partial charge in [-0.25, -0.2) is 9.79 Å². The van der Waals surface area contributed by atoms with E-state index in [0.717, 1.165) is 11.1 Å². The molecule has 1 unspecified atom stereocenters. The van der Waals surface area contributed by atoms with Crippen molar-refractivity contribution in [3.05, 3.63) is 95.6 Å². The molecule has 0 spiro atoms. The summed E-state index contributed by atoms with van der Waals surface area (Å²) in [5.74, 6) is -1.89. The summed E-state index contributed by atoms with van der Waals surface area (Å²) in [6.07, 6.45) is -1.18. The number of para-hydroxylation sites is 1. The third kappa shape index (κ3) is 4.34. The minimum Gasteiger partial charge on any atom is -0.348 e. The number of rotatable bonds is 4. The van der Waals surface area contributed by atoms with Crippen molar-refractivity contribution in [3.63, 3.8) is 0 Å². The Kier molecular flexibility index (Phi) is 6.03. The molecule has 0 saturated carbocycles. The van der Waals surface area contributed by atoms with Crippen LogP contribution < -0.4 is 20.9 Å². The van der Waals surface area contributed by atoms with Gasteiger partial charge in [-0.3, -0.25) is 14.4 Å². The third-order valence-electron chi connectivity index (χ3n) is 6.16. The van der Waals surface area contributed by atoms with Gasteiger partial charge in [0.05, 0.1) is 17.9 Å². The number of carbonyl (C=O) groups excluding carboxylic acids is 4. The zero-order valence-electron chi connectivity index (χ0n) is 19.4. The van der Waals surface area contributed by atoms with E-state index in [1.807, 2.05) is 54.6 Å². The SMILES string of the molecule is CN1C(=O)[C@H](NC(=O)Nc2cccc(C3C(=O)CNC3=O)c2)N=C(c2ccccc2)c2ccccc21. The van der Waals surface area contributed by atoms with Crippen molar-refractivity contribution in [2.24, 2.45) is 4.99 Å². The molecule has 180 valence electrons. The lowest BCUT2D eigenvalue weighted by Crippen LogP contribution is -2.47. The van der Waals surface area contributed by atoms with E-state index in [2.05, 4.69) is 20.9 Å². The molecule has 0 aromatic heterocycles. The summed E-state index contributed by atoms with van der Waals surface area (Å²) in [5.41, 5.74) is 3.72. The molecule has 2 heterocycles. The predicted octanol–water partition coefficient (Wildman–Crippen LogP) is 2.43. The van der Waals surface area contributed by atoms with Crippen LogP contribution in [0, 0.1) is 0 Å². The van der Waals surface area contributed by atoms with Crippen LogP contribution in [0.1, 0.15) is 22.6 Å². The van der Waals surface area contributed by atoms with Crippen molar-refractivity contribution < 1.29 is 19.2 Å². The van der Waals surface area contributed by atoms with Gasteiger partial charge in [-0.1, -0.05) is 60.7 Å². The summed E-state index contributed by atoms with van der Waals surface area (Å²) in [7, 11) is 1.64. The minimum absolute atomic E-state index is 0.0108. The number of likely N-dealkylation sites (N-methyl/N-ethyl adjacent to an activating group) is 1. The molecule has 2 atom stereocenters. The normalized spacial score (nSPS) is 19.2. The van der Waals surface area contributed by atoms with Gasteiger partial charge in [-0.15, -0.1) is 0 Å². The summed E-state index contributed by atoms with van der Waals surface area (Å²) >= 11 is 0. The van der Waals surface area contributed by atoms with Crippen LogP contribution in [0.15, 0.2) is 83.9 Å². The van der Waals surface area contributed by atoms with Crippen LogP contribution in [0.3, 0.4) is 0 Å². The first-order valence-electron chi connectivity index (χ1n) is 11.4. The maximum absolute atomic E-state index is 13.3. The van der Waals surface area contributed by atoms with Crippen molar-refractivity contribution in [2.45, 2.75) is 12.1 Å². The zero-order valence-corrected chi connectivity index (χ0v) is 19.4. The Hall–Kier alpha value is -4.79. The molecule has 3 aromatic carbocycles. The molecule has 1 saturated heterocycles. The topological polar surface area (TPSA) is 120 Å². The Morgan fingerprint density at radius 2 is 1.72 bits per heavy atom. The first kappa shape index (κ1) is 23.0. The first-order chi connectivity index (χ1) is 17.4. The third-order valence-corrected chi connectivity index (χ3v) is 6.16. The maximum atomic E-state index is 13.3. The predicted molar refractivity (Wildman–Crippen MR) is 135 cm³/mol. The molecule has 9 nitrogen and oxygen atoms in total. The molecule has 3 aromatic rings. The van der Waals surface area contributed by atoms with E-state index in [4.69, 9.17) is 0 Å². The lowest BCUT2D eigenvalue weighted by molar-refractivity contribution is -0.124. The van der Waals surface area contributed by atoms with Crippen molar-refractivity contribution in [1.82, 2.24) is 10.6 Å². The lowest BCUT2D eigenvalue weighted by Gasteiger charge is -2.21. The number of urea groups is 1. The number of carbonyl (C=O) groups is 4. The van der Waals surface area contributed by atoms with E-state index >= 15 is 0 Å². The zero-order chi connectivity index (χ0) is 25.2. The maximum Gasteiger partial charge on any atom is 0.321 e. The molecule has 0 aliphatic carbocycles. The van der Waals surface area contributed by atoms with Gasteiger partial charge >= 0.3 is 6.03 Å². The minimum atomic E-state index is -1.18. The number of hydrogen-bond acceptors (Lipinski definition) is 5. The van der Waals surface area contributed by atoms with Gasteiger partial charge in [0.25, 0.3) is 5.91 Å². The second kappa shape index (κ2) is 9.46. The molecule has 0 bridgehead atoms. The quantitative estimate of drug-likeness (QED) is 0.496. The number of benzodiazepines with no additional fused rings is 1. The Labute approximate surface area is 207 Å². The summed E-state index contributed by atoms with van der Waals surface area (Å²) in [6, 6.07) is 22.8. The molecule has 2 aliphatic rings. The van der Waals surface area contributed by atoms with Crippen LogP contribution in [0.25, 0.3) is 0 Å². The molecule has 4 amide bonds. The number of Topliss-reactive ketones (excluding diaryl/α,β-unsaturated/α-hetero) is 1. The Bertz CT molecular complexity index is 1390. The number of hydrogen-bond donors (Lipinski definition) is 3. The highest BCUT2D eigenvalue weighted by molar-refractivity contribution is 6.20. The molecular formula is C27H23N5O4. The highest BCUT2D eigenvalue weighted by Gasteiger charge is 2.34. The summed E-state index contributed by atoms with van der Waals surface area (Å²) in [4.78, 5) is 56.4. The Morgan fingerprint density at radius 3 is 2.47 bits per heavy atom. The molecule has 1 fully saturated rings. The van der Waals surface area contributed by atoms with E-state index < -0.39 is 24.0 Å².